The molecule has 3 heterocycles. The molecular formula is C20H18FN3O. The van der Waals surface area contributed by atoms with E-state index in [9.17, 15) is 9.18 Å². The number of H-pyrrole nitrogens is 1. The van der Waals surface area contributed by atoms with E-state index in [1.165, 1.54) is 12.1 Å². The van der Waals surface area contributed by atoms with Gasteiger partial charge in [-0.2, -0.15) is 0 Å². The number of fused-ring (bicyclic) bond motifs is 1. The number of halogens is 1. The van der Waals surface area contributed by atoms with Gasteiger partial charge in [0, 0.05) is 41.2 Å². The summed E-state index contributed by atoms with van der Waals surface area (Å²) < 4.78 is 13.4. The topological polar surface area (TPSA) is 57.8 Å². The number of aromatic nitrogens is 2. The number of carbonyl (C=O) groups excluding carboxylic acids is 1. The Kier molecular flexibility index (Phi) is 3.46. The van der Waals surface area contributed by atoms with E-state index in [0.29, 0.717) is 12.1 Å². The maximum absolute atomic E-state index is 13.4. The number of hydrogen-bond donors (Lipinski definition) is 2. The van der Waals surface area contributed by atoms with Gasteiger partial charge in [-0.05, 0) is 29.8 Å². The van der Waals surface area contributed by atoms with Crippen LogP contribution in [0, 0.1) is 5.82 Å². The van der Waals surface area contributed by atoms with E-state index in [2.05, 4.69) is 29.1 Å². The molecule has 1 aromatic carbocycles. The molecular weight excluding hydrogens is 317 g/mol. The zero-order valence-corrected chi connectivity index (χ0v) is 14.1. The highest BCUT2D eigenvalue weighted by atomic mass is 19.1. The minimum Gasteiger partial charge on any atom is -0.357 e. The van der Waals surface area contributed by atoms with Gasteiger partial charge < -0.3 is 10.3 Å². The number of pyridine rings is 1. The Morgan fingerprint density at radius 2 is 1.68 bits per heavy atom. The molecule has 2 aromatic heterocycles. The summed E-state index contributed by atoms with van der Waals surface area (Å²) >= 11 is 0. The van der Waals surface area contributed by atoms with Crippen LogP contribution in [-0.4, -0.2) is 22.4 Å². The number of benzene rings is 1. The average Bonchev–Trinajstić information content (AvgIpc) is 3.02. The molecule has 1 aliphatic rings. The Labute approximate surface area is 145 Å². The SMILES string of the molecule is CC1(C)CNC(=O)c2c1[nH]c(-c1ccncc1)c2-c1ccc(F)cc1. The normalized spacial score (nSPS) is 15.6. The largest absolute Gasteiger partial charge is 0.357 e. The van der Waals surface area contributed by atoms with Gasteiger partial charge in [0.15, 0.2) is 0 Å². The van der Waals surface area contributed by atoms with E-state index < -0.39 is 0 Å². The zero-order valence-electron chi connectivity index (χ0n) is 14.1. The lowest BCUT2D eigenvalue weighted by atomic mass is 9.82. The summed E-state index contributed by atoms with van der Waals surface area (Å²) in [6.45, 7) is 4.75. The summed E-state index contributed by atoms with van der Waals surface area (Å²) in [4.78, 5) is 20.2. The third-order valence-corrected chi connectivity index (χ3v) is 4.70. The van der Waals surface area contributed by atoms with Gasteiger partial charge in [0.05, 0.1) is 11.3 Å². The van der Waals surface area contributed by atoms with Crippen LogP contribution in [0.5, 0.6) is 0 Å². The van der Waals surface area contributed by atoms with Gasteiger partial charge in [0.25, 0.3) is 5.91 Å². The lowest BCUT2D eigenvalue weighted by molar-refractivity contribution is 0.0930. The third kappa shape index (κ3) is 2.52. The first-order valence-electron chi connectivity index (χ1n) is 8.18. The zero-order chi connectivity index (χ0) is 17.6. The van der Waals surface area contributed by atoms with Gasteiger partial charge in [0.2, 0.25) is 0 Å². The van der Waals surface area contributed by atoms with Crippen molar-refractivity contribution in [3.8, 4) is 22.4 Å². The molecule has 0 unspecified atom stereocenters. The van der Waals surface area contributed by atoms with Crippen LogP contribution in [0.1, 0.15) is 29.9 Å². The first-order valence-corrected chi connectivity index (χ1v) is 8.18. The lowest BCUT2D eigenvalue weighted by Gasteiger charge is -2.30. The van der Waals surface area contributed by atoms with Gasteiger partial charge in [-0.1, -0.05) is 26.0 Å². The number of nitrogens with zero attached hydrogens (tertiary/aromatic N) is 1. The van der Waals surface area contributed by atoms with Crippen molar-refractivity contribution in [2.24, 2.45) is 0 Å². The number of hydrogen-bond acceptors (Lipinski definition) is 2. The maximum atomic E-state index is 13.4. The number of rotatable bonds is 2. The fourth-order valence-electron chi connectivity index (χ4n) is 3.35. The van der Waals surface area contributed by atoms with Crippen LogP contribution in [-0.2, 0) is 5.41 Å². The highest BCUT2D eigenvalue weighted by Gasteiger charge is 2.37. The van der Waals surface area contributed by atoms with Gasteiger partial charge in [0.1, 0.15) is 5.82 Å². The lowest BCUT2D eigenvalue weighted by Crippen LogP contribution is -2.43. The molecule has 5 heteroatoms. The minimum absolute atomic E-state index is 0.106. The summed E-state index contributed by atoms with van der Waals surface area (Å²) in [7, 11) is 0. The summed E-state index contributed by atoms with van der Waals surface area (Å²) in [6.07, 6.45) is 3.43. The molecule has 1 aliphatic heterocycles. The minimum atomic E-state index is -0.302. The summed E-state index contributed by atoms with van der Waals surface area (Å²) in [6, 6.07) is 10.0. The Morgan fingerprint density at radius 1 is 1.00 bits per heavy atom. The van der Waals surface area contributed by atoms with Crippen molar-refractivity contribution in [2.75, 3.05) is 6.54 Å². The van der Waals surface area contributed by atoms with Crippen molar-refractivity contribution < 1.29 is 9.18 Å². The van der Waals surface area contributed by atoms with Crippen LogP contribution < -0.4 is 5.32 Å². The van der Waals surface area contributed by atoms with Gasteiger partial charge in [-0.25, -0.2) is 4.39 Å². The summed E-state index contributed by atoms with van der Waals surface area (Å²) in [5.41, 5.74) is 4.71. The fraction of sp³-hybridized carbons (Fsp3) is 0.200. The fourth-order valence-corrected chi connectivity index (χ4v) is 3.35. The van der Waals surface area contributed by atoms with E-state index in [4.69, 9.17) is 0 Å². The molecule has 0 bridgehead atoms. The standard InChI is InChI=1S/C20H18FN3O/c1-20(2)11-23-19(25)16-15(12-3-5-14(21)6-4-12)17(24-18(16)20)13-7-9-22-10-8-13/h3-10,24H,11H2,1-2H3,(H,23,25). The molecule has 0 radical (unpaired) electrons. The van der Waals surface area contributed by atoms with Crippen molar-refractivity contribution in [1.29, 1.82) is 0 Å². The van der Waals surface area contributed by atoms with Crippen LogP contribution in [0.3, 0.4) is 0 Å². The average molecular weight is 335 g/mol. The van der Waals surface area contributed by atoms with E-state index in [1.807, 2.05) is 12.1 Å². The number of amides is 1. The van der Waals surface area contributed by atoms with Gasteiger partial charge in [-0.15, -0.1) is 0 Å². The maximum Gasteiger partial charge on any atom is 0.253 e. The second-order valence-electron chi connectivity index (χ2n) is 6.93. The van der Waals surface area contributed by atoms with Gasteiger partial charge >= 0.3 is 0 Å². The highest BCUT2D eigenvalue weighted by Crippen LogP contribution is 2.42. The quantitative estimate of drug-likeness (QED) is 0.746. The molecule has 0 fully saturated rings. The third-order valence-electron chi connectivity index (χ3n) is 4.70. The molecule has 0 aliphatic carbocycles. The van der Waals surface area contributed by atoms with Crippen molar-refractivity contribution in [1.82, 2.24) is 15.3 Å². The Bertz CT molecular complexity index is 943. The smallest absolute Gasteiger partial charge is 0.253 e. The molecule has 0 saturated carbocycles. The van der Waals surface area contributed by atoms with Crippen LogP contribution in [0.4, 0.5) is 4.39 Å². The monoisotopic (exact) mass is 335 g/mol. The summed E-state index contributed by atoms with van der Waals surface area (Å²) in [5, 5.41) is 2.97. The molecule has 0 spiro atoms. The first-order chi connectivity index (χ1) is 12.0. The molecule has 4 rings (SSSR count). The number of carbonyl (C=O) groups is 1. The van der Waals surface area contributed by atoms with Crippen molar-refractivity contribution in [3.63, 3.8) is 0 Å². The predicted octanol–water partition coefficient (Wildman–Crippen LogP) is 3.90. The van der Waals surface area contributed by atoms with Gasteiger partial charge in [-0.3, -0.25) is 9.78 Å². The molecule has 2 N–H and O–H groups in total. The summed E-state index contributed by atoms with van der Waals surface area (Å²) in [5.74, 6) is -0.409. The second-order valence-corrected chi connectivity index (χ2v) is 6.93. The number of nitrogens with one attached hydrogen (secondary N) is 2. The van der Waals surface area contributed by atoms with Crippen LogP contribution in [0.25, 0.3) is 22.4 Å². The van der Waals surface area contributed by atoms with Crippen LogP contribution in [0.2, 0.25) is 0 Å². The van der Waals surface area contributed by atoms with Crippen molar-refractivity contribution in [2.45, 2.75) is 19.3 Å². The second kappa shape index (κ2) is 5.55. The molecule has 0 atom stereocenters. The molecule has 3 aromatic rings. The number of aromatic amines is 1. The Balaban J connectivity index is 2.05. The molecule has 4 nitrogen and oxygen atoms in total. The van der Waals surface area contributed by atoms with Crippen molar-refractivity contribution in [3.05, 3.63) is 65.9 Å². The predicted molar refractivity (Wildman–Crippen MR) is 94.8 cm³/mol. The molecule has 1 amide bonds. The van der Waals surface area contributed by atoms with E-state index in [-0.39, 0.29) is 17.1 Å². The van der Waals surface area contributed by atoms with E-state index >= 15 is 0 Å². The Hall–Kier alpha value is -2.95. The highest BCUT2D eigenvalue weighted by molar-refractivity contribution is 6.07. The van der Waals surface area contributed by atoms with Crippen LogP contribution in [0.15, 0.2) is 48.8 Å². The molecule has 126 valence electrons. The van der Waals surface area contributed by atoms with E-state index in [0.717, 1.165) is 28.1 Å². The van der Waals surface area contributed by atoms with E-state index in [1.54, 1.807) is 24.5 Å². The van der Waals surface area contributed by atoms with Crippen LogP contribution >= 0.6 is 0 Å². The first kappa shape index (κ1) is 15.6. The molecule has 25 heavy (non-hydrogen) atoms. The molecule has 0 saturated heterocycles. The Morgan fingerprint density at radius 3 is 2.36 bits per heavy atom. The van der Waals surface area contributed by atoms with Crippen molar-refractivity contribution >= 4 is 5.91 Å².